The van der Waals surface area contributed by atoms with Gasteiger partial charge in [-0.15, -0.1) is 12.4 Å². The molecular formula is C7H16ClNO. The molecule has 0 amide bonds. The summed E-state index contributed by atoms with van der Waals surface area (Å²) in [4.78, 5) is 0. The number of rotatable bonds is 2. The van der Waals surface area contributed by atoms with Crippen LogP contribution in [0.4, 0.5) is 0 Å². The van der Waals surface area contributed by atoms with Gasteiger partial charge in [0.1, 0.15) is 0 Å². The van der Waals surface area contributed by atoms with Gasteiger partial charge in [-0.2, -0.15) is 0 Å². The molecule has 2 nitrogen and oxygen atoms in total. The number of hydrogen-bond donors (Lipinski definition) is 1. The molecule has 1 unspecified atom stereocenters. The second-order valence-electron chi connectivity index (χ2n) is 2.88. The Morgan fingerprint density at radius 3 is 2.60 bits per heavy atom. The molecule has 1 rings (SSSR count). The zero-order valence-electron chi connectivity index (χ0n) is 6.59. The third kappa shape index (κ3) is 3.40. The average molecular weight is 166 g/mol. The third-order valence-electron chi connectivity index (χ3n) is 1.50. The van der Waals surface area contributed by atoms with E-state index in [2.05, 4.69) is 19.2 Å². The van der Waals surface area contributed by atoms with Crippen molar-refractivity contribution in [1.29, 1.82) is 0 Å². The number of nitrogens with one attached hydrogen (secondary N) is 1. The van der Waals surface area contributed by atoms with Gasteiger partial charge in [0, 0.05) is 18.7 Å². The quantitative estimate of drug-likeness (QED) is 0.664. The highest BCUT2D eigenvalue weighted by Crippen LogP contribution is 2.03. The SMILES string of the molecule is CC(C)NC1CCOC1.Cl. The first-order chi connectivity index (χ1) is 4.29. The Bertz CT molecular complexity index is 81.7. The molecule has 1 saturated heterocycles. The molecule has 0 aromatic rings. The number of hydrogen-bond acceptors (Lipinski definition) is 2. The Morgan fingerprint density at radius 1 is 1.50 bits per heavy atom. The minimum absolute atomic E-state index is 0. The fraction of sp³-hybridized carbons (Fsp3) is 1.00. The maximum absolute atomic E-state index is 5.20. The summed E-state index contributed by atoms with van der Waals surface area (Å²) in [7, 11) is 0. The smallest absolute Gasteiger partial charge is 0.0620 e. The van der Waals surface area contributed by atoms with Crippen LogP contribution in [0.3, 0.4) is 0 Å². The van der Waals surface area contributed by atoms with E-state index in [-0.39, 0.29) is 12.4 Å². The molecule has 0 aromatic heterocycles. The van der Waals surface area contributed by atoms with Crippen LogP contribution >= 0.6 is 12.4 Å². The number of ether oxygens (including phenoxy) is 1. The Labute approximate surface area is 68.7 Å². The molecule has 0 aliphatic carbocycles. The molecule has 1 N–H and O–H groups in total. The van der Waals surface area contributed by atoms with Gasteiger partial charge in [0.15, 0.2) is 0 Å². The van der Waals surface area contributed by atoms with Crippen molar-refractivity contribution < 1.29 is 4.74 Å². The molecule has 0 spiro atoms. The Kier molecular flexibility index (Phi) is 5.04. The van der Waals surface area contributed by atoms with E-state index in [1.165, 1.54) is 6.42 Å². The second-order valence-corrected chi connectivity index (χ2v) is 2.88. The van der Waals surface area contributed by atoms with Crippen molar-refractivity contribution in [3.8, 4) is 0 Å². The van der Waals surface area contributed by atoms with Crippen LogP contribution in [0, 0.1) is 0 Å². The van der Waals surface area contributed by atoms with Gasteiger partial charge in [0.25, 0.3) is 0 Å². The van der Waals surface area contributed by atoms with Gasteiger partial charge in [-0.25, -0.2) is 0 Å². The third-order valence-corrected chi connectivity index (χ3v) is 1.50. The van der Waals surface area contributed by atoms with Crippen molar-refractivity contribution >= 4 is 12.4 Å². The van der Waals surface area contributed by atoms with E-state index in [1.807, 2.05) is 0 Å². The molecule has 0 radical (unpaired) electrons. The minimum Gasteiger partial charge on any atom is -0.380 e. The predicted octanol–water partition coefficient (Wildman–Crippen LogP) is 1.20. The Hall–Kier alpha value is 0.210. The van der Waals surface area contributed by atoms with Gasteiger partial charge < -0.3 is 10.1 Å². The summed E-state index contributed by atoms with van der Waals surface area (Å²) in [6.07, 6.45) is 1.18. The topological polar surface area (TPSA) is 21.3 Å². The van der Waals surface area contributed by atoms with Gasteiger partial charge in [-0.3, -0.25) is 0 Å². The maximum Gasteiger partial charge on any atom is 0.0620 e. The van der Waals surface area contributed by atoms with E-state index in [9.17, 15) is 0 Å². The lowest BCUT2D eigenvalue weighted by atomic mass is 10.2. The molecule has 10 heavy (non-hydrogen) atoms. The van der Waals surface area contributed by atoms with Crippen LogP contribution in [-0.4, -0.2) is 25.3 Å². The molecule has 1 atom stereocenters. The molecular weight excluding hydrogens is 150 g/mol. The first-order valence-corrected chi connectivity index (χ1v) is 3.63. The highest BCUT2D eigenvalue weighted by atomic mass is 35.5. The predicted molar refractivity (Wildman–Crippen MR) is 44.7 cm³/mol. The molecule has 3 heteroatoms. The lowest BCUT2D eigenvalue weighted by Crippen LogP contribution is -2.34. The number of halogens is 1. The summed E-state index contributed by atoms with van der Waals surface area (Å²) >= 11 is 0. The van der Waals surface area contributed by atoms with Crippen LogP contribution in [0.2, 0.25) is 0 Å². The van der Waals surface area contributed by atoms with E-state index in [0.29, 0.717) is 12.1 Å². The second kappa shape index (κ2) is 4.94. The summed E-state index contributed by atoms with van der Waals surface area (Å²) < 4.78 is 5.20. The van der Waals surface area contributed by atoms with Gasteiger partial charge in [0.05, 0.1) is 6.61 Å². The van der Waals surface area contributed by atoms with Crippen molar-refractivity contribution in [3.05, 3.63) is 0 Å². The van der Waals surface area contributed by atoms with Crippen molar-refractivity contribution in [3.63, 3.8) is 0 Å². The van der Waals surface area contributed by atoms with Crippen LogP contribution in [0.15, 0.2) is 0 Å². The zero-order valence-corrected chi connectivity index (χ0v) is 7.41. The summed E-state index contributed by atoms with van der Waals surface area (Å²) in [6, 6.07) is 1.21. The lowest BCUT2D eigenvalue weighted by Gasteiger charge is -2.12. The summed E-state index contributed by atoms with van der Waals surface area (Å²) in [5.74, 6) is 0. The van der Waals surface area contributed by atoms with Gasteiger partial charge in [0.2, 0.25) is 0 Å². The fourth-order valence-electron chi connectivity index (χ4n) is 1.14. The highest BCUT2D eigenvalue weighted by molar-refractivity contribution is 5.85. The lowest BCUT2D eigenvalue weighted by molar-refractivity contribution is 0.188. The molecule has 0 aromatic carbocycles. The molecule has 1 aliphatic heterocycles. The van der Waals surface area contributed by atoms with Gasteiger partial charge in [-0.1, -0.05) is 13.8 Å². The molecule has 1 fully saturated rings. The van der Waals surface area contributed by atoms with E-state index in [0.717, 1.165) is 13.2 Å². The highest BCUT2D eigenvalue weighted by Gasteiger charge is 2.14. The molecule has 1 heterocycles. The van der Waals surface area contributed by atoms with E-state index in [1.54, 1.807) is 0 Å². The monoisotopic (exact) mass is 165 g/mol. The van der Waals surface area contributed by atoms with Crippen molar-refractivity contribution in [1.82, 2.24) is 5.32 Å². The normalized spacial score (nSPS) is 24.9. The summed E-state index contributed by atoms with van der Waals surface area (Å²) in [5, 5.41) is 3.42. The fourth-order valence-corrected chi connectivity index (χ4v) is 1.14. The van der Waals surface area contributed by atoms with Crippen LogP contribution in [0.1, 0.15) is 20.3 Å². The summed E-state index contributed by atoms with van der Waals surface area (Å²) in [6.45, 7) is 6.17. The molecule has 0 saturated carbocycles. The van der Waals surface area contributed by atoms with E-state index >= 15 is 0 Å². The first-order valence-electron chi connectivity index (χ1n) is 3.63. The van der Waals surface area contributed by atoms with Crippen molar-refractivity contribution in [2.45, 2.75) is 32.4 Å². The average Bonchev–Trinajstić information content (AvgIpc) is 2.15. The van der Waals surface area contributed by atoms with Crippen molar-refractivity contribution in [2.75, 3.05) is 13.2 Å². The summed E-state index contributed by atoms with van der Waals surface area (Å²) in [5.41, 5.74) is 0. The molecule has 0 bridgehead atoms. The maximum atomic E-state index is 5.20. The van der Waals surface area contributed by atoms with Gasteiger partial charge >= 0.3 is 0 Å². The van der Waals surface area contributed by atoms with Crippen molar-refractivity contribution in [2.24, 2.45) is 0 Å². The molecule has 62 valence electrons. The minimum atomic E-state index is 0. The Balaban J connectivity index is 0.000000810. The van der Waals surface area contributed by atoms with E-state index < -0.39 is 0 Å². The Morgan fingerprint density at radius 2 is 2.20 bits per heavy atom. The van der Waals surface area contributed by atoms with Crippen LogP contribution in [0.5, 0.6) is 0 Å². The van der Waals surface area contributed by atoms with E-state index in [4.69, 9.17) is 4.74 Å². The molecule has 1 aliphatic rings. The van der Waals surface area contributed by atoms with Crippen LogP contribution in [-0.2, 0) is 4.74 Å². The zero-order chi connectivity index (χ0) is 6.69. The van der Waals surface area contributed by atoms with Crippen LogP contribution in [0.25, 0.3) is 0 Å². The first kappa shape index (κ1) is 10.2. The van der Waals surface area contributed by atoms with Crippen LogP contribution < -0.4 is 5.32 Å². The van der Waals surface area contributed by atoms with Gasteiger partial charge in [-0.05, 0) is 6.42 Å². The largest absolute Gasteiger partial charge is 0.380 e. The standard InChI is InChI=1S/C7H15NO.ClH/c1-6(2)8-7-3-4-9-5-7;/h6-8H,3-5H2,1-2H3;1H.